The number of amides is 1. The van der Waals surface area contributed by atoms with Crippen molar-refractivity contribution in [1.29, 1.82) is 0 Å². The van der Waals surface area contributed by atoms with Gasteiger partial charge in [0.15, 0.2) is 0 Å². The van der Waals surface area contributed by atoms with Gasteiger partial charge in [-0.15, -0.1) is 0 Å². The molecule has 0 saturated carbocycles. The fourth-order valence-corrected chi connectivity index (χ4v) is 1.90. The zero-order valence-corrected chi connectivity index (χ0v) is 12.4. The summed E-state index contributed by atoms with van der Waals surface area (Å²) in [5.41, 5.74) is 3.48. The van der Waals surface area contributed by atoms with Crippen molar-refractivity contribution in [3.8, 4) is 0 Å². The van der Waals surface area contributed by atoms with Crippen LogP contribution in [0.4, 0.5) is 5.69 Å². The molecule has 2 aromatic heterocycles. The molecular weight excluding hydrogens is 306 g/mol. The Morgan fingerprint density at radius 2 is 2.11 bits per heavy atom. The third-order valence-electron chi connectivity index (χ3n) is 2.74. The maximum Gasteiger partial charge on any atom is 0.230 e. The molecule has 0 spiro atoms. The number of pyridine rings is 2. The highest BCUT2D eigenvalue weighted by Gasteiger charge is 2.08. The van der Waals surface area contributed by atoms with Crippen LogP contribution in [0.3, 0.4) is 0 Å². The number of nitrogens with one attached hydrogen (secondary N) is 1. The van der Waals surface area contributed by atoms with Gasteiger partial charge in [-0.2, -0.15) is 0 Å². The Balaban J connectivity index is 2.05. The fraction of sp³-hybridized carbons (Fsp3) is 0.214. The van der Waals surface area contributed by atoms with Gasteiger partial charge >= 0.3 is 0 Å². The van der Waals surface area contributed by atoms with E-state index in [2.05, 4.69) is 31.2 Å². The number of anilines is 1. The second kappa shape index (κ2) is 5.93. The molecule has 4 nitrogen and oxygen atoms in total. The molecule has 2 aromatic rings. The maximum atomic E-state index is 11.9. The van der Waals surface area contributed by atoms with Crippen LogP contribution in [0.2, 0.25) is 0 Å². The Morgan fingerprint density at radius 1 is 1.32 bits per heavy atom. The number of carbonyl (C=O) groups is 1. The van der Waals surface area contributed by atoms with E-state index in [0.29, 0.717) is 5.69 Å². The van der Waals surface area contributed by atoms with E-state index in [1.54, 1.807) is 12.4 Å². The minimum absolute atomic E-state index is 0.0923. The predicted molar refractivity (Wildman–Crippen MR) is 78.0 cm³/mol. The molecule has 2 rings (SSSR count). The van der Waals surface area contributed by atoms with Crippen molar-refractivity contribution in [2.75, 3.05) is 5.32 Å². The van der Waals surface area contributed by atoms with E-state index in [1.807, 2.05) is 32.0 Å². The molecule has 0 fully saturated rings. The smallest absolute Gasteiger partial charge is 0.230 e. The number of aromatic nitrogens is 2. The van der Waals surface area contributed by atoms with Gasteiger partial charge in [0.25, 0.3) is 0 Å². The molecule has 0 bridgehead atoms. The van der Waals surface area contributed by atoms with Gasteiger partial charge < -0.3 is 5.32 Å². The maximum absolute atomic E-state index is 11.9. The van der Waals surface area contributed by atoms with E-state index in [-0.39, 0.29) is 12.3 Å². The number of halogens is 1. The molecule has 0 saturated heterocycles. The summed E-state index contributed by atoms with van der Waals surface area (Å²) in [5, 5.41) is 2.82. The Kier molecular flexibility index (Phi) is 4.27. The van der Waals surface area contributed by atoms with Crippen molar-refractivity contribution in [2.24, 2.45) is 0 Å². The second-order valence-electron chi connectivity index (χ2n) is 4.32. The third-order valence-corrected chi connectivity index (χ3v) is 3.57. The highest BCUT2D eigenvalue weighted by molar-refractivity contribution is 9.10. The largest absolute Gasteiger partial charge is 0.324 e. The van der Waals surface area contributed by atoms with Crippen LogP contribution in [-0.2, 0) is 11.2 Å². The Morgan fingerprint density at radius 3 is 2.79 bits per heavy atom. The van der Waals surface area contributed by atoms with E-state index in [0.717, 1.165) is 21.4 Å². The molecule has 19 heavy (non-hydrogen) atoms. The quantitative estimate of drug-likeness (QED) is 0.885. The highest BCUT2D eigenvalue weighted by Crippen LogP contribution is 2.17. The van der Waals surface area contributed by atoms with E-state index >= 15 is 0 Å². The van der Waals surface area contributed by atoms with Gasteiger partial charge in [-0.05, 0) is 53.0 Å². The first kappa shape index (κ1) is 13.7. The summed E-state index contributed by atoms with van der Waals surface area (Å²) in [6, 6.07) is 5.68. The molecular formula is C14H14BrN3O. The summed E-state index contributed by atoms with van der Waals surface area (Å²) in [4.78, 5) is 20.3. The fourth-order valence-electron chi connectivity index (χ4n) is 1.69. The summed E-state index contributed by atoms with van der Waals surface area (Å²) in [6.45, 7) is 3.87. The molecule has 0 aliphatic rings. The molecule has 0 aliphatic carbocycles. The van der Waals surface area contributed by atoms with Crippen molar-refractivity contribution >= 4 is 27.5 Å². The first-order chi connectivity index (χ1) is 9.06. The minimum Gasteiger partial charge on any atom is -0.324 e. The number of nitrogens with zero attached hydrogens (tertiary/aromatic N) is 2. The van der Waals surface area contributed by atoms with Gasteiger partial charge in [-0.3, -0.25) is 9.78 Å². The van der Waals surface area contributed by atoms with Crippen LogP contribution in [0.1, 0.15) is 16.8 Å². The van der Waals surface area contributed by atoms with Crippen molar-refractivity contribution < 1.29 is 4.79 Å². The van der Waals surface area contributed by atoms with E-state index < -0.39 is 0 Å². The predicted octanol–water partition coefficient (Wildman–Crippen LogP) is 3.04. The van der Waals surface area contributed by atoms with Crippen LogP contribution in [0.5, 0.6) is 0 Å². The number of hydrogen-bond acceptors (Lipinski definition) is 3. The lowest BCUT2D eigenvalue weighted by Crippen LogP contribution is -2.16. The first-order valence-electron chi connectivity index (χ1n) is 5.89. The first-order valence-corrected chi connectivity index (χ1v) is 6.68. The summed E-state index contributed by atoms with van der Waals surface area (Å²) in [5.74, 6) is -0.0923. The number of carbonyl (C=O) groups excluding carboxylic acids is 1. The lowest BCUT2D eigenvalue weighted by atomic mass is 10.1. The highest BCUT2D eigenvalue weighted by atomic mass is 79.9. The van der Waals surface area contributed by atoms with Gasteiger partial charge in [-0.1, -0.05) is 6.07 Å². The average molecular weight is 320 g/mol. The van der Waals surface area contributed by atoms with Crippen molar-refractivity contribution in [3.63, 3.8) is 0 Å². The molecule has 0 radical (unpaired) electrons. The average Bonchev–Trinajstić information content (AvgIpc) is 2.37. The van der Waals surface area contributed by atoms with Crippen molar-refractivity contribution in [3.05, 3.63) is 52.0 Å². The van der Waals surface area contributed by atoms with Crippen LogP contribution in [0.15, 0.2) is 35.2 Å². The van der Waals surface area contributed by atoms with E-state index in [4.69, 9.17) is 0 Å². The topological polar surface area (TPSA) is 54.9 Å². The monoisotopic (exact) mass is 319 g/mol. The molecule has 2 heterocycles. The van der Waals surface area contributed by atoms with Crippen molar-refractivity contribution in [2.45, 2.75) is 20.3 Å². The zero-order valence-electron chi connectivity index (χ0n) is 10.8. The molecule has 1 amide bonds. The van der Waals surface area contributed by atoms with Crippen LogP contribution in [0, 0.1) is 13.8 Å². The Bertz CT molecular complexity index is 613. The van der Waals surface area contributed by atoms with Crippen LogP contribution in [-0.4, -0.2) is 15.9 Å². The third kappa shape index (κ3) is 3.61. The number of hydrogen-bond donors (Lipinski definition) is 1. The molecule has 0 unspecified atom stereocenters. The summed E-state index contributed by atoms with van der Waals surface area (Å²) >= 11 is 3.33. The minimum atomic E-state index is -0.0923. The molecule has 0 aliphatic heterocycles. The summed E-state index contributed by atoms with van der Waals surface area (Å²) in [7, 11) is 0. The van der Waals surface area contributed by atoms with E-state index in [1.165, 1.54) is 0 Å². The lowest BCUT2D eigenvalue weighted by molar-refractivity contribution is -0.115. The van der Waals surface area contributed by atoms with Gasteiger partial charge in [0.05, 0.1) is 24.0 Å². The van der Waals surface area contributed by atoms with Gasteiger partial charge in [0.2, 0.25) is 5.91 Å². The Hall–Kier alpha value is -1.75. The van der Waals surface area contributed by atoms with Gasteiger partial charge in [0.1, 0.15) is 4.60 Å². The molecule has 98 valence electrons. The molecule has 0 atom stereocenters. The number of aryl methyl sites for hydroxylation is 2. The van der Waals surface area contributed by atoms with Crippen LogP contribution >= 0.6 is 15.9 Å². The van der Waals surface area contributed by atoms with Crippen molar-refractivity contribution in [1.82, 2.24) is 9.97 Å². The summed E-state index contributed by atoms with van der Waals surface area (Å²) in [6.07, 6.45) is 3.59. The van der Waals surface area contributed by atoms with E-state index in [9.17, 15) is 4.79 Å². The molecule has 0 aromatic carbocycles. The van der Waals surface area contributed by atoms with Crippen LogP contribution in [0.25, 0.3) is 0 Å². The molecule has 1 N–H and O–H groups in total. The second-order valence-corrected chi connectivity index (χ2v) is 5.07. The van der Waals surface area contributed by atoms with Gasteiger partial charge in [-0.25, -0.2) is 4.98 Å². The standard InChI is InChI=1S/C14H14BrN3O/c1-9-4-3-5-16-12(9)7-13(19)18-11-6-10(2)14(15)17-8-11/h3-6,8H,7H2,1-2H3,(H,18,19). The molecule has 5 heteroatoms. The zero-order chi connectivity index (χ0) is 13.8. The SMILES string of the molecule is Cc1cc(NC(=O)Cc2ncccc2C)cnc1Br. The normalized spacial score (nSPS) is 10.3. The Labute approximate surface area is 120 Å². The van der Waals surface area contributed by atoms with Gasteiger partial charge in [0, 0.05) is 6.20 Å². The summed E-state index contributed by atoms with van der Waals surface area (Å²) < 4.78 is 0.783. The number of rotatable bonds is 3. The van der Waals surface area contributed by atoms with Crippen LogP contribution < -0.4 is 5.32 Å². The lowest BCUT2D eigenvalue weighted by Gasteiger charge is -2.07.